The Bertz CT molecular complexity index is 164. The van der Waals surface area contributed by atoms with Gasteiger partial charge in [0, 0.05) is 13.1 Å². The Kier molecular flexibility index (Phi) is 3.84. The fraction of sp³-hybridized carbons (Fsp3) is 0.833. The van der Waals surface area contributed by atoms with Gasteiger partial charge in [0.15, 0.2) is 0 Å². The molecule has 4 heteroatoms. The maximum absolute atomic E-state index is 11.3. The number of carbonyl (C=O) groups excluding carboxylic acids is 1. The molecule has 0 aliphatic carbocycles. The van der Waals surface area contributed by atoms with Crippen molar-refractivity contribution in [1.82, 2.24) is 0 Å². The van der Waals surface area contributed by atoms with Crippen molar-refractivity contribution in [2.24, 2.45) is 0 Å². The van der Waals surface area contributed by atoms with Crippen LogP contribution in [0.25, 0.3) is 0 Å². The summed E-state index contributed by atoms with van der Waals surface area (Å²) in [6.07, 6.45) is 0.302. The van der Waals surface area contributed by atoms with E-state index >= 15 is 0 Å². The third-order valence-corrected chi connectivity index (χ3v) is 3.70. The van der Waals surface area contributed by atoms with Gasteiger partial charge in [-0.1, -0.05) is 6.92 Å². The summed E-state index contributed by atoms with van der Waals surface area (Å²) in [7, 11) is -2.91. The average molecular weight is 164 g/mol. The summed E-state index contributed by atoms with van der Waals surface area (Å²) in [4.78, 5) is 10.7. The molecule has 60 valence electrons. The van der Waals surface area contributed by atoms with Crippen molar-refractivity contribution < 1.29 is 13.9 Å². The molecular weight excluding hydrogens is 151 g/mol. The highest BCUT2D eigenvalue weighted by molar-refractivity contribution is 7.76. The fourth-order valence-electron chi connectivity index (χ4n) is 0.613. The van der Waals surface area contributed by atoms with Crippen LogP contribution in [0.15, 0.2) is 0 Å². The van der Waals surface area contributed by atoms with Gasteiger partial charge in [-0.25, -0.2) is 0 Å². The first-order valence-corrected chi connectivity index (χ1v) is 5.12. The molecule has 0 saturated carbocycles. The average Bonchev–Trinajstić information content (AvgIpc) is 1.88. The molecule has 0 aromatic heterocycles. The first kappa shape index (κ1) is 9.86. The highest BCUT2D eigenvalue weighted by Crippen LogP contribution is 2.46. The van der Waals surface area contributed by atoms with Crippen LogP contribution in [0, 0.1) is 0 Å². The summed E-state index contributed by atoms with van der Waals surface area (Å²) < 4.78 is 16.2. The van der Waals surface area contributed by atoms with Gasteiger partial charge < -0.3 is 4.52 Å². The largest absolute Gasteiger partial charge is 0.324 e. The van der Waals surface area contributed by atoms with Crippen LogP contribution < -0.4 is 0 Å². The molecule has 0 aliphatic rings. The van der Waals surface area contributed by atoms with Crippen LogP contribution in [0.3, 0.4) is 0 Å². The van der Waals surface area contributed by atoms with E-state index in [-0.39, 0.29) is 5.52 Å². The minimum atomic E-state index is -2.91. The van der Waals surface area contributed by atoms with Crippen molar-refractivity contribution >= 4 is 12.9 Å². The first-order chi connectivity index (χ1) is 4.56. The van der Waals surface area contributed by atoms with Crippen LogP contribution in [-0.2, 0) is 13.9 Å². The van der Waals surface area contributed by atoms with Gasteiger partial charge in [0.1, 0.15) is 0 Å². The Morgan fingerprint density at radius 1 is 1.50 bits per heavy atom. The Morgan fingerprint density at radius 2 is 2.00 bits per heavy atom. The van der Waals surface area contributed by atoms with Crippen molar-refractivity contribution in [3.63, 3.8) is 0 Å². The van der Waals surface area contributed by atoms with E-state index in [9.17, 15) is 9.36 Å². The predicted octanol–water partition coefficient (Wildman–Crippen LogP) is 1.87. The predicted molar refractivity (Wildman–Crippen MR) is 40.5 cm³/mol. The van der Waals surface area contributed by atoms with E-state index in [1.807, 2.05) is 0 Å². The van der Waals surface area contributed by atoms with E-state index in [1.165, 1.54) is 6.92 Å². The second-order valence-corrected chi connectivity index (χ2v) is 4.79. The summed E-state index contributed by atoms with van der Waals surface area (Å²) in [6.45, 7) is 5.06. The summed E-state index contributed by atoms with van der Waals surface area (Å²) >= 11 is 0. The number of rotatable bonds is 4. The quantitative estimate of drug-likeness (QED) is 0.595. The van der Waals surface area contributed by atoms with E-state index in [4.69, 9.17) is 4.52 Å². The zero-order chi connectivity index (χ0) is 8.20. The molecule has 0 N–H and O–H groups in total. The van der Waals surface area contributed by atoms with Crippen molar-refractivity contribution in [2.45, 2.75) is 20.8 Å². The lowest BCUT2D eigenvalue weighted by molar-refractivity contribution is -0.110. The molecule has 0 fully saturated rings. The standard InChI is InChI=1S/C6H13O3P/c1-4-9-10(8,5-2)6(3)7/h4-5H2,1-3H3. The zero-order valence-electron chi connectivity index (χ0n) is 6.59. The highest BCUT2D eigenvalue weighted by Gasteiger charge is 2.25. The maximum Gasteiger partial charge on any atom is 0.266 e. The molecule has 3 nitrogen and oxygen atoms in total. The lowest BCUT2D eigenvalue weighted by Gasteiger charge is -2.10. The van der Waals surface area contributed by atoms with Gasteiger partial charge in [-0.05, 0) is 6.92 Å². The highest BCUT2D eigenvalue weighted by atomic mass is 31.2. The second kappa shape index (κ2) is 3.89. The monoisotopic (exact) mass is 164 g/mol. The number of hydrogen-bond donors (Lipinski definition) is 0. The van der Waals surface area contributed by atoms with Gasteiger partial charge in [-0.3, -0.25) is 9.36 Å². The lowest BCUT2D eigenvalue weighted by atomic mass is 10.9. The Balaban J connectivity index is 4.25. The number of carbonyl (C=O) groups is 1. The SMILES string of the molecule is CCOP(=O)(CC)C(C)=O. The van der Waals surface area contributed by atoms with Gasteiger partial charge in [-0.15, -0.1) is 0 Å². The summed E-state index contributed by atoms with van der Waals surface area (Å²) in [5.41, 5.74) is -0.336. The molecule has 0 bridgehead atoms. The minimum absolute atomic E-state index is 0.302. The molecule has 0 saturated heterocycles. The molecule has 1 unspecified atom stereocenters. The van der Waals surface area contributed by atoms with Gasteiger partial charge in [0.05, 0.1) is 6.61 Å². The molecule has 10 heavy (non-hydrogen) atoms. The molecule has 0 aromatic carbocycles. The Morgan fingerprint density at radius 3 is 2.10 bits per heavy atom. The second-order valence-electron chi connectivity index (χ2n) is 1.93. The van der Waals surface area contributed by atoms with Gasteiger partial charge in [0.2, 0.25) is 5.52 Å². The molecule has 1 atom stereocenters. The first-order valence-electron chi connectivity index (χ1n) is 3.31. The molecule has 0 rings (SSSR count). The topological polar surface area (TPSA) is 43.4 Å². The maximum atomic E-state index is 11.3. The molecule has 0 aromatic rings. The Hall–Kier alpha value is -0.140. The van der Waals surface area contributed by atoms with Crippen molar-refractivity contribution in [3.05, 3.63) is 0 Å². The summed E-state index contributed by atoms with van der Waals surface area (Å²) in [6, 6.07) is 0. The molecule has 0 aliphatic heterocycles. The molecule has 0 heterocycles. The molecule has 0 radical (unpaired) electrons. The van der Waals surface area contributed by atoms with Crippen LogP contribution in [0.2, 0.25) is 0 Å². The van der Waals surface area contributed by atoms with E-state index in [0.717, 1.165) is 0 Å². The van der Waals surface area contributed by atoms with Crippen LogP contribution in [0.4, 0.5) is 0 Å². The lowest BCUT2D eigenvalue weighted by Crippen LogP contribution is -2.00. The van der Waals surface area contributed by atoms with Crippen LogP contribution in [-0.4, -0.2) is 18.3 Å². The van der Waals surface area contributed by atoms with Crippen LogP contribution in [0.1, 0.15) is 20.8 Å². The van der Waals surface area contributed by atoms with Gasteiger partial charge in [0.25, 0.3) is 7.37 Å². The molecule has 0 spiro atoms. The summed E-state index contributed by atoms with van der Waals surface area (Å²) in [5, 5.41) is 0. The Labute approximate surface area is 61.2 Å². The van der Waals surface area contributed by atoms with Crippen molar-refractivity contribution in [3.8, 4) is 0 Å². The minimum Gasteiger partial charge on any atom is -0.324 e. The van der Waals surface area contributed by atoms with E-state index < -0.39 is 7.37 Å². The fourth-order valence-corrected chi connectivity index (χ4v) is 1.84. The smallest absolute Gasteiger partial charge is 0.266 e. The van der Waals surface area contributed by atoms with E-state index in [0.29, 0.717) is 12.8 Å². The molecular formula is C6H13O3P. The summed E-state index contributed by atoms with van der Waals surface area (Å²) in [5.74, 6) is 0. The normalized spacial score (nSPS) is 16.3. The number of hydrogen-bond acceptors (Lipinski definition) is 3. The third-order valence-electron chi connectivity index (χ3n) is 1.23. The van der Waals surface area contributed by atoms with Crippen molar-refractivity contribution in [1.29, 1.82) is 0 Å². The molecule has 0 amide bonds. The van der Waals surface area contributed by atoms with Gasteiger partial charge in [-0.2, -0.15) is 0 Å². The van der Waals surface area contributed by atoms with Crippen LogP contribution in [0.5, 0.6) is 0 Å². The van der Waals surface area contributed by atoms with Crippen molar-refractivity contribution in [2.75, 3.05) is 12.8 Å². The van der Waals surface area contributed by atoms with Gasteiger partial charge >= 0.3 is 0 Å². The van der Waals surface area contributed by atoms with E-state index in [1.54, 1.807) is 13.8 Å². The van der Waals surface area contributed by atoms with E-state index in [2.05, 4.69) is 0 Å². The van der Waals surface area contributed by atoms with Crippen LogP contribution >= 0.6 is 7.37 Å². The zero-order valence-corrected chi connectivity index (χ0v) is 7.48. The third kappa shape index (κ3) is 2.24.